The van der Waals surface area contributed by atoms with Crippen molar-refractivity contribution in [3.8, 4) is 0 Å². The van der Waals surface area contributed by atoms with Gasteiger partial charge < -0.3 is 5.32 Å². The van der Waals surface area contributed by atoms with Gasteiger partial charge in [-0.1, -0.05) is 32.9 Å². The highest BCUT2D eigenvalue weighted by atomic mass is 14.9. The van der Waals surface area contributed by atoms with E-state index in [1.54, 1.807) is 0 Å². The number of hydrogen-bond donors (Lipinski definition) is 1. The molecular formula is C9H19N. The molecule has 0 aliphatic carbocycles. The molecule has 0 heterocycles. The van der Waals surface area contributed by atoms with Gasteiger partial charge in [0, 0.05) is 12.1 Å². The van der Waals surface area contributed by atoms with E-state index in [1.807, 2.05) is 0 Å². The highest BCUT2D eigenvalue weighted by Gasteiger charge is 2.04. The SMILES string of the molecule is C=C(CC)C(C)NC(C)C. The molecule has 0 saturated carbocycles. The Morgan fingerprint density at radius 3 is 2.20 bits per heavy atom. The second-order valence-electron chi connectivity index (χ2n) is 3.05. The maximum atomic E-state index is 3.96. The maximum Gasteiger partial charge on any atom is 0.0250 e. The summed E-state index contributed by atoms with van der Waals surface area (Å²) in [6.07, 6.45) is 1.07. The lowest BCUT2D eigenvalue weighted by molar-refractivity contribution is 0.526. The van der Waals surface area contributed by atoms with E-state index in [0.29, 0.717) is 12.1 Å². The first-order chi connectivity index (χ1) is 4.57. The van der Waals surface area contributed by atoms with E-state index in [4.69, 9.17) is 0 Å². The van der Waals surface area contributed by atoms with Crippen molar-refractivity contribution in [3.05, 3.63) is 12.2 Å². The van der Waals surface area contributed by atoms with Crippen molar-refractivity contribution in [3.63, 3.8) is 0 Å². The molecule has 0 saturated heterocycles. The van der Waals surface area contributed by atoms with Crippen molar-refractivity contribution in [2.24, 2.45) is 0 Å². The van der Waals surface area contributed by atoms with Gasteiger partial charge in [0.15, 0.2) is 0 Å². The van der Waals surface area contributed by atoms with Crippen LogP contribution in [-0.2, 0) is 0 Å². The largest absolute Gasteiger partial charge is 0.308 e. The van der Waals surface area contributed by atoms with Crippen LogP contribution in [0.1, 0.15) is 34.1 Å². The Bertz CT molecular complexity index is 105. The van der Waals surface area contributed by atoms with E-state index in [9.17, 15) is 0 Å². The van der Waals surface area contributed by atoms with Crippen molar-refractivity contribution < 1.29 is 0 Å². The van der Waals surface area contributed by atoms with Gasteiger partial charge in [-0.2, -0.15) is 0 Å². The summed E-state index contributed by atoms with van der Waals surface area (Å²) in [7, 11) is 0. The molecule has 1 nitrogen and oxygen atoms in total. The Labute approximate surface area is 64.5 Å². The second kappa shape index (κ2) is 4.51. The summed E-state index contributed by atoms with van der Waals surface area (Å²) in [5, 5.41) is 3.39. The van der Waals surface area contributed by atoms with Crippen LogP contribution >= 0.6 is 0 Å². The molecular weight excluding hydrogens is 122 g/mol. The fraction of sp³-hybridized carbons (Fsp3) is 0.778. The molecule has 1 unspecified atom stereocenters. The highest BCUT2D eigenvalue weighted by molar-refractivity contribution is 5.02. The Balaban J connectivity index is 3.61. The molecule has 0 amide bonds. The van der Waals surface area contributed by atoms with Crippen LogP contribution in [0.25, 0.3) is 0 Å². The van der Waals surface area contributed by atoms with Crippen LogP contribution in [0.3, 0.4) is 0 Å². The van der Waals surface area contributed by atoms with E-state index >= 15 is 0 Å². The third-order valence-electron chi connectivity index (χ3n) is 1.65. The summed E-state index contributed by atoms with van der Waals surface area (Å²) in [4.78, 5) is 0. The van der Waals surface area contributed by atoms with Gasteiger partial charge in [-0.05, 0) is 13.3 Å². The van der Waals surface area contributed by atoms with Gasteiger partial charge in [0.25, 0.3) is 0 Å². The monoisotopic (exact) mass is 141 g/mol. The van der Waals surface area contributed by atoms with E-state index in [2.05, 4.69) is 39.6 Å². The lowest BCUT2D eigenvalue weighted by atomic mass is 10.1. The highest BCUT2D eigenvalue weighted by Crippen LogP contribution is 2.03. The molecule has 0 aliphatic heterocycles. The van der Waals surface area contributed by atoms with Crippen LogP contribution in [0, 0.1) is 0 Å². The van der Waals surface area contributed by atoms with Crippen LogP contribution in [0.15, 0.2) is 12.2 Å². The molecule has 0 aromatic carbocycles. The van der Waals surface area contributed by atoms with Crippen molar-refractivity contribution in [2.45, 2.75) is 46.2 Å². The minimum Gasteiger partial charge on any atom is -0.308 e. The van der Waals surface area contributed by atoms with Crippen LogP contribution < -0.4 is 5.32 Å². The molecule has 0 aromatic heterocycles. The van der Waals surface area contributed by atoms with Crippen molar-refractivity contribution >= 4 is 0 Å². The number of rotatable bonds is 4. The fourth-order valence-corrected chi connectivity index (χ4v) is 0.924. The quantitative estimate of drug-likeness (QED) is 0.592. The standard InChI is InChI=1S/C9H19N/c1-6-8(4)9(5)10-7(2)3/h7,9-10H,4,6H2,1-3,5H3. The summed E-state index contributed by atoms with van der Waals surface area (Å²) in [6.45, 7) is 12.6. The number of hydrogen-bond acceptors (Lipinski definition) is 1. The van der Waals surface area contributed by atoms with Crippen LogP contribution in [0.4, 0.5) is 0 Å². The van der Waals surface area contributed by atoms with Crippen molar-refractivity contribution in [1.82, 2.24) is 5.32 Å². The molecule has 1 N–H and O–H groups in total. The minimum absolute atomic E-state index is 0.463. The Hall–Kier alpha value is -0.300. The molecule has 0 rings (SSSR count). The van der Waals surface area contributed by atoms with E-state index in [0.717, 1.165) is 6.42 Å². The summed E-state index contributed by atoms with van der Waals surface area (Å²) in [5.41, 5.74) is 1.29. The molecule has 0 aliphatic rings. The maximum absolute atomic E-state index is 3.96. The zero-order valence-electron chi connectivity index (χ0n) is 7.57. The molecule has 10 heavy (non-hydrogen) atoms. The Morgan fingerprint density at radius 1 is 1.40 bits per heavy atom. The average Bonchev–Trinajstić information content (AvgIpc) is 1.85. The summed E-state index contributed by atoms with van der Waals surface area (Å²) in [5.74, 6) is 0. The van der Waals surface area contributed by atoms with Gasteiger partial charge in [-0.15, -0.1) is 0 Å². The topological polar surface area (TPSA) is 12.0 Å². The Kier molecular flexibility index (Phi) is 4.37. The van der Waals surface area contributed by atoms with Gasteiger partial charge in [-0.25, -0.2) is 0 Å². The first-order valence-corrected chi connectivity index (χ1v) is 4.01. The van der Waals surface area contributed by atoms with Crippen LogP contribution in [0.5, 0.6) is 0 Å². The van der Waals surface area contributed by atoms with Gasteiger partial charge in [0.2, 0.25) is 0 Å². The van der Waals surface area contributed by atoms with Gasteiger partial charge in [0.05, 0.1) is 0 Å². The van der Waals surface area contributed by atoms with Gasteiger partial charge in [-0.3, -0.25) is 0 Å². The summed E-state index contributed by atoms with van der Waals surface area (Å²) in [6, 6.07) is 1.02. The first kappa shape index (κ1) is 9.70. The van der Waals surface area contributed by atoms with Crippen molar-refractivity contribution in [1.29, 1.82) is 0 Å². The minimum atomic E-state index is 0.463. The molecule has 1 heteroatoms. The molecule has 0 radical (unpaired) electrons. The molecule has 0 aromatic rings. The lowest BCUT2D eigenvalue weighted by Gasteiger charge is -2.17. The first-order valence-electron chi connectivity index (χ1n) is 4.01. The van der Waals surface area contributed by atoms with E-state index in [-0.39, 0.29) is 0 Å². The molecule has 0 fully saturated rings. The summed E-state index contributed by atoms with van der Waals surface area (Å²) < 4.78 is 0. The molecule has 1 atom stereocenters. The van der Waals surface area contributed by atoms with Crippen LogP contribution in [-0.4, -0.2) is 12.1 Å². The zero-order valence-corrected chi connectivity index (χ0v) is 7.57. The predicted octanol–water partition coefficient (Wildman–Crippen LogP) is 2.34. The third kappa shape index (κ3) is 3.67. The second-order valence-corrected chi connectivity index (χ2v) is 3.05. The zero-order chi connectivity index (χ0) is 8.15. The molecule has 0 spiro atoms. The van der Waals surface area contributed by atoms with Crippen LogP contribution in [0.2, 0.25) is 0 Å². The lowest BCUT2D eigenvalue weighted by Crippen LogP contribution is -2.33. The number of nitrogens with one attached hydrogen (secondary N) is 1. The normalized spacial score (nSPS) is 13.7. The molecule has 0 bridgehead atoms. The average molecular weight is 141 g/mol. The third-order valence-corrected chi connectivity index (χ3v) is 1.65. The summed E-state index contributed by atoms with van der Waals surface area (Å²) >= 11 is 0. The smallest absolute Gasteiger partial charge is 0.0250 e. The Morgan fingerprint density at radius 2 is 1.90 bits per heavy atom. The van der Waals surface area contributed by atoms with E-state index in [1.165, 1.54) is 5.57 Å². The van der Waals surface area contributed by atoms with E-state index < -0.39 is 0 Å². The van der Waals surface area contributed by atoms with Gasteiger partial charge in [0.1, 0.15) is 0 Å². The fourth-order valence-electron chi connectivity index (χ4n) is 0.924. The molecule has 60 valence electrons. The van der Waals surface area contributed by atoms with Crippen molar-refractivity contribution in [2.75, 3.05) is 0 Å². The van der Waals surface area contributed by atoms with Gasteiger partial charge >= 0.3 is 0 Å². The predicted molar refractivity (Wildman–Crippen MR) is 47.2 cm³/mol.